The van der Waals surface area contributed by atoms with Crippen molar-refractivity contribution < 1.29 is 14.3 Å². The van der Waals surface area contributed by atoms with Crippen molar-refractivity contribution in [3.63, 3.8) is 0 Å². The van der Waals surface area contributed by atoms with E-state index >= 15 is 0 Å². The summed E-state index contributed by atoms with van der Waals surface area (Å²) in [5.41, 5.74) is 3.36. The number of rotatable bonds is 7. The molecule has 3 rings (SSSR count). The van der Waals surface area contributed by atoms with Gasteiger partial charge in [0.1, 0.15) is 0 Å². The smallest absolute Gasteiger partial charge is 0.317 e. The summed E-state index contributed by atoms with van der Waals surface area (Å²) in [6.07, 6.45) is 1.78. The zero-order valence-electron chi connectivity index (χ0n) is 17.4. The van der Waals surface area contributed by atoms with Crippen LogP contribution in [0.4, 0.5) is 4.79 Å². The molecule has 2 aromatic rings. The number of benzene rings is 2. The van der Waals surface area contributed by atoms with E-state index < -0.39 is 0 Å². The van der Waals surface area contributed by atoms with E-state index in [0.717, 1.165) is 37.4 Å². The minimum Gasteiger partial charge on any atom is -0.381 e. The number of hydrogen-bond acceptors (Lipinski definition) is 4. The molecule has 156 valence electrons. The molecule has 0 saturated carbocycles. The lowest BCUT2D eigenvalue weighted by Gasteiger charge is -2.36. The van der Waals surface area contributed by atoms with Crippen LogP contribution in [-0.2, 0) is 27.4 Å². The highest BCUT2D eigenvalue weighted by atomic mass is 32.2. The molecule has 1 saturated heterocycles. The predicted octanol–water partition coefficient (Wildman–Crippen LogP) is 4.40. The van der Waals surface area contributed by atoms with E-state index in [1.807, 2.05) is 11.8 Å². The fourth-order valence-electron chi connectivity index (χ4n) is 3.44. The number of hydrogen-bond donors (Lipinski definition) is 1. The average molecular weight is 415 g/mol. The topological polar surface area (TPSA) is 50.8 Å². The zero-order chi connectivity index (χ0) is 20.7. The van der Waals surface area contributed by atoms with Crippen LogP contribution in [0.15, 0.2) is 53.4 Å². The van der Waals surface area contributed by atoms with Crippen molar-refractivity contribution in [2.45, 2.75) is 35.6 Å². The second kappa shape index (κ2) is 10.1. The Kier molecular flexibility index (Phi) is 7.58. The van der Waals surface area contributed by atoms with Crippen molar-refractivity contribution >= 4 is 17.8 Å². The fraction of sp³-hybridized carbons (Fsp3) is 0.435. The zero-order valence-corrected chi connectivity index (χ0v) is 18.3. The molecule has 0 bridgehead atoms. The van der Waals surface area contributed by atoms with Crippen molar-refractivity contribution in [3.8, 4) is 0 Å². The van der Waals surface area contributed by atoms with Crippen molar-refractivity contribution in [1.82, 2.24) is 10.2 Å². The molecule has 29 heavy (non-hydrogen) atoms. The highest BCUT2D eigenvalue weighted by Crippen LogP contribution is 2.37. The van der Waals surface area contributed by atoms with Crippen LogP contribution in [0.5, 0.6) is 0 Å². The van der Waals surface area contributed by atoms with Gasteiger partial charge in [0.2, 0.25) is 0 Å². The Bertz CT molecular complexity index is 802. The first kappa shape index (κ1) is 21.7. The number of thioether (sulfide) groups is 1. The fourth-order valence-corrected chi connectivity index (χ4v) is 4.35. The second-order valence-electron chi connectivity index (χ2n) is 7.50. The molecule has 2 amide bonds. The van der Waals surface area contributed by atoms with Crippen LogP contribution in [0.3, 0.4) is 0 Å². The molecule has 0 atom stereocenters. The summed E-state index contributed by atoms with van der Waals surface area (Å²) in [4.78, 5) is 14.4. The van der Waals surface area contributed by atoms with E-state index in [4.69, 9.17) is 9.47 Å². The first-order valence-corrected chi connectivity index (χ1v) is 10.9. The second-order valence-corrected chi connectivity index (χ2v) is 8.55. The van der Waals surface area contributed by atoms with Gasteiger partial charge >= 0.3 is 6.03 Å². The van der Waals surface area contributed by atoms with E-state index in [0.29, 0.717) is 6.54 Å². The molecular weight excluding hydrogens is 384 g/mol. The number of carbonyl (C=O) groups excluding carboxylic acids is 1. The van der Waals surface area contributed by atoms with Gasteiger partial charge in [0.25, 0.3) is 0 Å². The first-order chi connectivity index (χ1) is 14.0. The van der Waals surface area contributed by atoms with Gasteiger partial charge in [-0.1, -0.05) is 36.4 Å². The largest absolute Gasteiger partial charge is 0.381 e. The molecule has 6 heteroatoms. The van der Waals surface area contributed by atoms with Crippen LogP contribution < -0.4 is 5.32 Å². The number of nitrogens with one attached hydrogen (secondary N) is 1. The lowest BCUT2D eigenvalue weighted by molar-refractivity contribution is -0.0948. The Morgan fingerprint density at radius 2 is 1.83 bits per heavy atom. The van der Waals surface area contributed by atoms with E-state index in [1.165, 1.54) is 20.9 Å². The van der Waals surface area contributed by atoms with Gasteiger partial charge in [-0.05, 0) is 28.8 Å². The number of nitrogens with zero attached hydrogens (tertiary/aromatic N) is 1. The van der Waals surface area contributed by atoms with Gasteiger partial charge < -0.3 is 19.7 Å². The lowest BCUT2D eigenvalue weighted by atomic mass is 9.86. The highest BCUT2D eigenvalue weighted by molar-refractivity contribution is 7.98. The molecule has 0 unspecified atom stereocenters. The monoisotopic (exact) mass is 414 g/mol. The van der Waals surface area contributed by atoms with E-state index in [2.05, 4.69) is 53.8 Å². The highest BCUT2D eigenvalue weighted by Gasteiger charge is 2.34. The maximum atomic E-state index is 11.6. The standard InChI is InChI=1S/C23H30N2O3S/c1-25(2)22(26)24-16-18-7-9-19(10-8-18)17-29-21-6-4-5-20(15-21)23(27-3)11-13-28-14-12-23/h4-10,15H,11-14,16-17H2,1-3H3,(H,24,26). The molecule has 1 heterocycles. The molecule has 0 spiro atoms. The SMILES string of the molecule is COC1(c2cccc(SCc3ccc(CNC(=O)N(C)C)cc3)c2)CCOCC1. The molecule has 1 aliphatic rings. The minimum absolute atomic E-state index is 0.0807. The third-order valence-corrected chi connectivity index (χ3v) is 6.39. The molecule has 0 aliphatic carbocycles. The summed E-state index contributed by atoms with van der Waals surface area (Å²) in [5, 5.41) is 2.88. The van der Waals surface area contributed by atoms with Crippen molar-refractivity contribution in [3.05, 3.63) is 65.2 Å². The van der Waals surface area contributed by atoms with Gasteiger partial charge in [0, 0.05) is 64.5 Å². The maximum absolute atomic E-state index is 11.6. The third-order valence-electron chi connectivity index (χ3n) is 5.33. The molecule has 1 aliphatic heterocycles. The minimum atomic E-state index is -0.229. The summed E-state index contributed by atoms with van der Waals surface area (Å²) >= 11 is 1.83. The third kappa shape index (κ3) is 5.75. The predicted molar refractivity (Wildman–Crippen MR) is 117 cm³/mol. The quantitative estimate of drug-likeness (QED) is 0.682. The summed E-state index contributed by atoms with van der Waals surface area (Å²) in [6.45, 7) is 2.02. The summed E-state index contributed by atoms with van der Waals surface area (Å²) in [5.74, 6) is 0.900. The first-order valence-electron chi connectivity index (χ1n) is 9.92. The van der Waals surface area contributed by atoms with Gasteiger partial charge in [-0.15, -0.1) is 11.8 Å². The van der Waals surface area contributed by atoms with Crippen LogP contribution >= 0.6 is 11.8 Å². The van der Waals surface area contributed by atoms with Crippen LogP contribution in [0.25, 0.3) is 0 Å². The summed E-state index contributed by atoms with van der Waals surface area (Å²) < 4.78 is 11.5. The Morgan fingerprint density at radius 1 is 1.14 bits per heavy atom. The van der Waals surface area contributed by atoms with Crippen LogP contribution in [0.2, 0.25) is 0 Å². The van der Waals surface area contributed by atoms with Crippen LogP contribution in [-0.4, -0.2) is 45.3 Å². The Balaban J connectivity index is 1.58. The molecule has 5 nitrogen and oxygen atoms in total. The molecule has 0 aromatic heterocycles. The average Bonchev–Trinajstić information content (AvgIpc) is 2.77. The Labute approximate surface area is 177 Å². The Hall–Kier alpha value is -2.02. The molecule has 0 radical (unpaired) electrons. The summed E-state index contributed by atoms with van der Waals surface area (Å²) in [7, 11) is 5.27. The number of ether oxygens (including phenoxy) is 2. The number of urea groups is 1. The molecule has 1 fully saturated rings. The van der Waals surface area contributed by atoms with E-state index in [-0.39, 0.29) is 11.6 Å². The number of amides is 2. The van der Waals surface area contributed by atoms with Gasteiger partial charge in [-0.25, -0.2) is 4.79 Å². The van der Waals surface area contributed by atoms with Gasteiger partial charge in [-0.2, -0.15) is 0 Å². The van der Waals surface area contributed by atoms with E-state index in [9.17, 15) is 4.79 Å². The number of carbonyl (C=O) groups is 1. The molecule has 1 N–H and O–H groups in total. The van der Waals surface area contributed by atoms with Crippen molar-refractivity contribution in [2.24, 2.45) is 0 Å². The lowest BCUT2D eigenvalue weighted by Crippen LogP contribution is -2.35. The van der Waals surface area contributed by atoms with Gasteiger partial charge in [0.05, 0.1) is 5.60 Å². The summed E-state index contributed by atoms with van der Waals surface area (Å²) in [6, 6.07) is 17.0. The molecule has 2 aromatic carbocycles. The van der Waals surface area contributed by atoms with Gasteiger partial charge in [-0.3, -0.25) is 0 Å². The maximum Gasteiger partial charge on any atom is 0.317 e. The Morgan fingerprint density at radius 3 is 2.48 bits per heavy atom. The number of methoxy groups -OCH3 is 1. The van der Waals surface area contributed by atoms with E-state index in [1.54, 1.807) is 21.2 Å². The van der Waals surface area contributed by atoms with Crippen molar-refractivity contribution in [1.29, 1.82) is 0 Å². The van der Waals surface area contributed by atoms with Crippen molar-refractivity contribution in [2.75, 3.05) is 34.4 Å². The van der Waals surface area contributed by atoms with Gasteiger partial charge in [0.15, 0.2) is 0 Å². The van der Waals surface area contributed by atoms with Crippen LogP contribution in [0, 0.1) is 0 Å². The normalized spacial score (nSPS) is 15.7. The molecular formula is C23H30N2O3S. The van der Waals surface area contributed by atoms with Crippen LogP contribution in [0.1, 0.15) is 29.5 Å².